The highest BCUT2D eigenvalue weighted by molar-refractivity contribution is 9.10. The summed E-state index contributed by atoms with van der Waals surface area (Å²) in [5, 5.41) is 3.98. The predicted octanol–water partition coefficient (Wildman–Crippen LogP) is 5.68. The van der Waals surface area contributed by atoms with Crippen molar-refractivity contribution in [2.45, 2.75) is 6.92 Å². The number of carbonyl (C=O) groups excluding carboxylic acids is 1. The molecule has 4 nitrogen and oxygen atoms in total. The van der Waals surface area contributed by atoms with E-state index >= 15 is 0 Å². The molecule has 0 bridgehead atoms. The molecule has 1 aromatic heterocycles. The monoisotopic (exact) mass is 436 g/mol. The quantitative estimate of drug-likeness (QED) is 0.534. The third kappa shape index (κ3) is 4.21. The SMILES string of the molecule is COc1ccc(Br)cc1C=CC(=O)Nc1nc2cc(Cl)c(C)cc2s1. The van der Waals surface area contributed by atoms with Gasteiger partial charge in [-0.2, -0.15) is 0 Å². The Morgan fingerprint density at radius 2 is 2.16 bits per heavy atom. The van der Waals surface area contributed by atoms with Crippen LogP contribution in [0, 0.1) is 6.92 Å². The van der Waals surface area contributed by atoms with E-state index in [1.165, 1.54) is 17.4 Å². The van der Waals surface area contributed by atoms with Crippen LogP contribution in [0.15, 0.2) is 40.9 Å². The summed E-state index contributed by atoms with van der Waals surface area (Å²) < 4.78 is 7.18. The van der Waals surface area contributed by atoms with Crippen LogP contribution in [0.1, 0.15) is 11.1 Å². The summed E-state index contributed by atoms with van der Waals surface area (Å²) in [5.41, 5.74) is 2.56. The summed E-state index contributed by atoms with van der Waals surface area (Å²) in [6, 6.07) is 9.37. The van der Waals surface area contributed by atoms with E-state index in [0.29, 0.717) is 15.9 Å². The summed E-state index contributed by atoms with van der Waals surface area (Å²) >= 11 is 10.9. The van der Waals surface area contributed by atoms with Gasteiger partial charge in [0.15, 0.2) is 5.13 Å². The lowest BCUT2D eigenvalue weighted by molar-refractivity contribution is -0.111. The minimum absolute atomic E-state index is 0.260. The second-order valence-corrected chi connectivity index (χ2v) is 7.65. The predicted molar refractivity (Wildman–Crippen MR) is 108 cm³/mol. The number of aromatic nitrogens is 1. The second kappa shape index (κ2) is 7.56. The first-order valence-corrected chi connectivity index (χ1v) is 9.34. The highest BCUT2D eigenvalue weighted by Gasteiger charge is 2.08. The van der Waals surface area contributed by atoms with Gasteiger partial charge in [0.2, 0.25) is 5.91 Å². The van der Waals surface area contributed by atoms with Crippen molar-refractivity contribution in [2.75, 3.05) is 12.4 Å². The maximum Gasteiger partial charge on any atom is 0.250 e. The Bertz CT molecular complexity index is 946. The molecule has 7 heteroatoms. The third-order valence-electron chi connectivity index (χ3n) is 3.50. The van der Waals surface area contributed by atoms with E-state index in [1.54, 1.807) is 19.3 Å². The number of halogens is 2. The molecule has 0 atom stereocenters. The molecule has 2 aromatic carbocycles. The fraction of sp³-hybridized carbons (Fsp3) is 0.111. The van der Waals surface area contributed by atoms with Crippen LogP contribution in [-0.2, 0) is 4.79 Å². The third-order valence-corrected chi connectivity index (χ3v) is 5.34. The van der Waals surface area contributed by atoms with Crippen molar-refractivity contribution in [3.63, 3.8) is 0 Å². The Balaban J connectivity index is 1.77. The van der Waals surface area contributed by atoms with Gasteiger partial charge < -0.3 is 4.74 Å². The van der Waals surface area contributed by atoms with Crippen LogP contribution in [0.4, 0.5) is 5.13 Å². The highest BCUT2D eigenvalue weighted by Crippen LogP contribution is 2.30. The average Bonchev–Trinajstić information content (AvgIpc) is 2.94. The highest BCUT2D eigenvalue weighted by atomic mass is 79.9. The van der Waals surface area contributed by atoms with Crippen LogP contribution in [0.25, 0.3) is 16.3 Å². The summed E-state index contributed by atoms with van der Waals surface area (Å²) in [4.78, 5) is 16.6. The number of nitrogens with one attached hydrogen (secondary N) is 1. The number of benzene rings is 2. The normalized spacial score (nSPS) is 11.2. The van der Waals surface area contributed by atoms with E-state index in [1.807, 2.05) is 31.2 Å². The Kier molecular flexibility index (Phi) is 5.42. The summed E-state index contributed by atoms with van der Waals surface area (Å²) in [7, 11) is 1.59. The van der Waals surface area contributed by atoms with Crippen molar-refractivity contribution in [2.24, 2.45) is 0 Å². The van der Waals surface area contributed by atoms with E-state index in [4.69, 9.17) is 16.3 Å². The Morgan fingerprint density at radius 1 is 1.36 bits per heavy atom. The van der Waals surface area contributed by atoms with Gasteiger partial charge in [-0.15, -0.1) is 0 Å². The van der Waals surface area contributed by atoms with Gasteiger partial charge in [0.1, 0.15) is 5.75 Å². The first kappa shape index (κ1) is 17.9. The number of nitrogens with zero attached hydrogens (tertiary/aromatic N) is 1. The molecule has 0 aliphatic rings. The number of rotatable bonds is 4. The second-order valence-electron chi connectivity index (χ2n) is 5.30. The van der Waals surface area contributed by atoms with Crippen molar-refractivity contribution in [3.8, 4) is 5.75 Å². The topological polar surface area (TPSA) is 51.2 Å². The summed E-state index contributed by atoms with van der Waals surface area (Å²) in [6.07, 6.45) is 3.15. The number of ether oxygens (including phenoxy) is 1. The first-order chi connectivity index (χ1) is 12.0. The van der Waals surface area contributed by atoms with Crippen molar-refractivity contribution in [3.05, 3.63) is 57.0 Å². The van der Waals surface area contributed by atoms with Crippen molar-refractivity contribution in [1.82, 2.24) is 4.98 Å². The fourth-order valence-corrected chi connectivity index (χ4v) is 3.74. The van der Waals surface area contributed by atoms with Gasteiger partial charge in [-0.05, 0) is 48.9 Å². The molecule has 0 aliphatic heterocycles. The lowest BCUT2D eigenvalue weighted by Gasteiger charge is -2.04. The number of carbonyl (C=O) groups is 1. The van der Waals surface area contributed by atoms with Crippen LogP contribution in [-0.4, -0.2) is 18.0 Å². The van der Waals surface area contributed by atoms with Crippen LogP contribution < -0.4 is 10.1 Å². The molecule has 1 N–H and O–H groups in total. The van der Waals surface area contributed by atoms with Crippen LogP contribution >= 0.6 is 38.9 Å². The van der Waals surface area contributed by atoms with E-state index in [0.717, 1.165) is 25.8 Å². The van der Waals surface area contributed by atoms with E-state index in [-0.39, 0.29) is 5.91 Å². The van der Waals surface area contributed by atoms with E-state index in [9.17, 15) is 4.79 Å². The molecule has 3 aromatic rings. The molecule has 1 heterocycles. The van der Waals surface area contributed by atoms with Gasteiger partial charge in [-0.1, -0.05) is 38.9 Å². The van der Waals surface area contributed by atoms with Gasteiger partial charge in [-0.25, -0.2) is 4.98 Å². The molecular formula is C18H14BrClN2O2S. The molecule has 1 amide bonds. The lowest BCUT2D eigenvalue weighted by atomic mass is 10.2. The maximum absolute atomic E-state index is 12.2. The Hall–Kier alpha value is -1.89. The van der Waals surface area contributed by atoms with Crippen LogP contribution in [0.5, 0.6) is 5.75 Å². The van der Waals surface area contributed by atoms with E-state index in [2.05, 4.69) is 26.2 Å². The first-order valence-electron chi connectivity index (χ1n) is 7.35. The molecule has 25 heavy (non-hydrogen) atoms. The number of amides is 1. The number of hydrogen-bond donors (Lipinski definition) is 1. The van der Waals surface area contributed by atoms with Gasteiger partial charge in [0.25, 0.3) is 0 Å². The number of anilines is 1. The Labute approximate surface area is 162 Å². The molecule has 0 spiro atoms. The van der Waals surface area contributed by atoms with Gasteiger partial charge >= 0.3 is 0 Å². The minimum Gasteiger partial charge on any atom is -0.496 e. The zero-order valence-electron chi connectivity index (χ0n) is 13.5. The zero-order chi connectivity index (χ0) is 18.0. The van der Waals surface area contributed by atoms with Crippen LogP contribution in [0.3, 0.4) is 0 Å². The molecule has 128 valence electrons. The van der Waals surface area contributed by atoms with Crippen molar-refractivity contribution < 1.29 is 9.53 Å². The zero-order valence-corrected chi connectivity index (χ0v) is 16.6. The van der Waals surface area contributed by atoms with Gasteiger partial charge in [-0.3, -0.25) is 10.1 Å². The molecular weight excluding hydrogens is 424 g/mol. The molecule has 0 radical (unpaired) electrons. The Morgan fingerprint density at radius 3 is 2.92 bits per heavy atom. The van der Waals surface area contributed by atoms with Gasteiger partial charge in [0, 0.05) is 21.1 Å². The minimum atomic E-state index is -0.260. The number of fused-ring (bicyclic) bond motifs is 1. The number of aryl methyl sites for hydroxylation is 1. The van der Waals surface area contributed by atoms with Gasteiger partial charge in [0.05, 0.1) is 17.3 Å². The summed E-state index contributed by atoms with van der Waals surface area (Å²) in [5.74, 6) is 0.432. The molecule has 0 fully saturated rings. The number of methoxy groups -OCH3 is 1. The number of thiazole rings is 1. The largest absolute Gasteiger partial charge is 0.496 e. The standard InChI is InChI=1S/C18H14BrClN2O2S/c1-10-7-16-14(9-13(10)20)21-18(25-16)22-17(23)6-3-11-8-12(19)4-5-15(11)24-2/h3-9H,1-2H3,(H,21,22,23). The molecule has 0 aliphatic carbocycles. The average molecular weight is 438 g/mol. The molecule has 3 rings (SSSR count). The molecule has 0 saturated carbocycles. The van der Waals surface area contributed by atoms with Crippen LogP contribution in [0.2, 0.25) is 5.02 Å². The van der Waals surface area contributed by atoms with Crippen molar-refractivity contribution >= 4 is 66.2 Å². The summed E-state index contributed by atoms with van der Waals surface area (Å²) in [6.45, 7) is 1.94. The maximum atomic E-state index is 12.2. The van der Waals surface area contributed by atoms with E-state index < -0.39 is 0 Å². The molecule has 0 saturated heterocycles. The van der Waals surface area contributed by atoms with Crippen molar-refractivity contribution in [1.29, 1.82) is 0 Å². The fourth-order valence-electron chi connectivity index (χ4n) is 2.25. The lowest BCUT2D eigenvalue weighted by Crippen LogP contribution is -2.07. The smallest absolute Gasteiger partial charge is 0.250 e. The molecule has 0 unspecified atom stereocenters. The number of hydrogen-bond acceptors (Lipinski definition) is 4.